The first kappa shape index (κ1) is 21.0. The number of hydrogen-bond donors (Lipinski definition) is 1. The summed E-state index contributed by atoms with van der Waals surface area (Å²) in [4.78, 5) is 9.90. The summed E-state index contributed by atoms with van der Waals surface area (Å²) >= 11 is 0. The summed E-state index contributed by atoms with van der Waals surface area (Å²) in [5.41, 5.74) is 3.44. The first-order valence-electron chi connectivity index (χ1n) is 9.25. The molecular weight excluding hydrogens is 395 g/mol. The predicted octanol–water partition coefficient (Wildman–Crippen LogP) is 4.32. The molecule has 0 bridgehead atoms. The second-order valence-electron chi connectivity index (χ2n) is 6.80. The van der Waals surface area contributed by atoms with Gasteiger partial charge in [-0.05, 0) is 43.1 Å². The lowest BCUT2D eigenvalue weighted by molar-refractivity contribution is 0.130. The van der Waals surface area contributed by atoms with Crippen molar-refractivity contribution in [1.29, 1.82) is 0 Å². The van der Waals surface area contributed by atoms with Crippen LogP contribution in [-0.2, 0) is 11.4 Å². The van der Waals surface area contributed by atoms with Gasteiger partial charge in [0.2, 0.25) is 11.7 Å². The van der Waals surface area contributed by atoms with E-state index in [1.54, 1.807) is 12.1 Å². The van der Waals surface area contributed by atoms with E-state index < -0.39 is 0 Å². The molecule has 1 saturated heterocycles. The van der Waals surface area contributed by atoms with E-state index in [1.807, 2.05) is 31.2 Å². The highest BCUT2D eigenvalue weighted by atomic mass is 35.5. The Hall–Kier alpha value is -2.77. The van der Waals surface area contributed by atoms with E-state index in [1.165, 1.54) is 12.1 Å². The van der Waals surface area contributed by atoms with E-state index in [0.717, 1.165) is 41.9 Å². The highest BCUT2D eigenvalue weighted by Crippen LogP contribution is 2.24. The molecule has 0 spiro atoms. The second-order valence-corrected chi connectivity index (χ2v) is 6.80. The minimum absolute atomic E-state index is 0. The summed E-state index contributed by atoms with van der Waals surface area (Å²) in [7, 11) is 0. The van der Waals surface area contributed by atoms with Crippen LogP contribution in [0.25, 0.3) is 11.4 Å². The fourth-order valence-electron chi connectivity index (χ4n) is 3.08. The minimum Gasteiger partial charge on any atom is -0.391 e. The molecule has 152 valence electrons. The molecule has 8 heteroatoms. The first-order valence-corrected chi connectivity index (χ1v) is 9.25. The maximum Gasteiger partial charge on any atom is 0.231 e. The molecule has 0 radical (unpaired) electrons. The predicted molar refractivity (Wildman–Crippen MR) is 111 cm³/mol. The lowest BCUT2D eigenvalue weighted by Crippen LogP contribution is -2.08. The SMILES string of the molecule is C/C(=N\OCc1ccc(F)cc1)c1ccc(-c2noc([C@@H]3CCNC3)n2)cc1.Cl. The van der Waals surface area contributed by atoms with Crippen LogP contribution in [0.15, 0.2) is 58.2 Å². The Morgan fingerprint density at radius 2 is 1.97 bits per heavy atom. The van der Waals surface area contributed by atoms with Crippen molar-refractivity contribution in [3.8, 4) is 11.4 Å². The molecule has 2 heterocycles. The van der Waals surface area contributed by atoms with E-state index in [9.17, 15) is 4.39 Å². The van der Waals surface area contributed by atoms with Crippen LogP contribution in [0, 0.1) is 5.82 Å². The Labute approximate surface area is 174 Å². The van der Waals surface area contributed by atoms with Crippen LogP contribution in [0.4, 0.5) is 4.39 Å². The molecule has 1 aliphatic heterocycles. The number of nitrogens with one attached hydrogen (secondary N) is 1. The van der Waals surface area contributed by atoms with Gasteiger partial charge in [0.1, 0.15) is 12.4 Å². The van der Waals surface area contributed by atoms with Crippen LogP contribution in [0.1, 0.15) is 36.3 Å². The third-order valence-electron chi connectivity index (χ3n) is 4.76. The lowest BCUT2D eigenvalue weighted by Gasteiger charge is -2.04. The third-order valence-corrected chi connectivity index (χ3v) is 4.76. The van der Waals surface area contributed by atoms with Gasteiger partial charge in [-0.1, -0.05) is 46.7 Å². The van der Waals surface area contributed by atoms with Gasteiger partial charge in [-0.25, -0.2) is 4.39 Å². The van der Waals surface area contributed by atoms with Crippen LogP contribution in [0.3, 0.4) is 0 Å². The largest absolute Gasteiger partial charge is 0.391 e. The quantitative estimate of drug-likeness (QED) is 0.478. The van der Waals surface area contributed by atoms with Crippen molar-refractivity contribution in [1.82, 2.24) is 15.5 Å². The highest BCUT2D eigenvalue weighted by Gasteiger charge is 2.23. The molecule has 0 aliphatic carbocycles. The van der Waals surface area contributed by atoms with E-state index in [4.69, 9.17) is 9.36 Å². The van der Waals surface area contributed by atoms with Crippen LogP contribution in [0.5, 0.6) is 0 Å². The molecule has 0 saturated carbocycles. The molecule has 3 aromatic rings. The summed E-state index contributed by atoms with van der Waals surface area (Å²) < 4.78 is 18.3. The molecule has 1 fully saturated rings. The number of nitrogens with zero attached hydrogens (tertiary/aromatic N) is 3. The van der Waals surface area contributed by atoms with Gasteiger partial charge in [0.15, 0.2) is 0 Å². The molecular formula is C21H22ClFN4O2. The van der Waals surface area contributed by atoms with Crippen molar-refractivity contribution >= 4 is 18.1 Å². The van der Waals surface area contributed by atoms with Gasteiger partial charge >= 0.3 is 0 Å². The Morgan fingerprint density at radius 3 is 2.66 bits per heavy atom. The number of hydrogen-bond acceptors (Lipinski definition) is 6. The zero-order chi connectivity index (χ0) is 19.3. The standard InChI is InChI=1S/C21H21FN4O2.ClH/c1-14(25-27-13-15-2-8-19(22)9-3-15)16-4-6-17(7-5-16)20-24-21(28-26-20)18-10-11-23-12-18;/h2-9,18,23H,10-13H2,1H3;1H/b25-14+;/t18-;/m1./s1. The number of aromatic nitrogens is 2. The van der Waals surface area contributed by atoms with Gasteiger partial charge in [0.25, 0.3) is 0 Å². The number of halogens is 2. The molecule has 0 amide bonds. The van der Waals surface area contributed by atoms with Crippen molar-refractivity contribution in [2.75, 3.05) is 13.1 Å². The van der Waals surface area contributed by atoms with Gasteiger partial charge in [0.05, 0.1) is 11.6 Å². The molecule has 2 aromatic carbocycles. The van der Waals surface area contributed by atoms with Gasteiger partial charge in [-0.2, -0.15) is 4.98 Å². The van der Waals surface area contributed by atoms with Crippen LogP contribution in [-0.4, -0.2) is 28.9 Å². The molecule has 6 nitrogen and oxygen atoms in total. The molecule has 4 rings (SSSR count). The number of benzene rings is 2. The molecule has 1 atom stereocenters. The van der Waals surface area contributed by atoms with Crippen molar-refractivity contribution in [3.63, 3.8) is 0 Å². The Bertz CT molecular complexity index is 952. The fourth-order valence-corrected chi connectivity index (χ4v) is 3.08. The minimum atomic E-state index is -0.267. The van der Waals surface area contributed by atoms with E-state index >= 15 is 0 Å². The summed E-state index contributed by atoms with van der Waals surface area (Å²) in [5.74, 6) is 1.32. The summed E-state index contributed by atoms with van der Waals surface area (Å²) in [6.45, 7) is 4.03. The van der Waals surface area contributed by atoms with Gasteiger partial charge < -0.3 is 14.7 Å². The molecule has 0 unspecified atom stereocenters. The average molecular weight is 417 g/mol. The normalized spacial score (nSPS) is 16.5. The first-order chi connectivity index (χ1) is 13.7. The Morgan fingerprint density at radius 1 is 1.21 bits per heavy atom. The summed E-state index contributed by atoms with van der Waals surface area (Å²) in [6, 6.07) is 13.9. The Balaban J connectivity index is 0.00000240. The van der Waals surface area contributed by atoms with Crippen LogP contribution in [0.2, 0.25) is 0 Å². The highest BCUT2D eigenvalue weighted by molar-refractivity contribution is 5.98. The van der Waals surface area contributed by atoms with Crippen molar-refractivity contribution in [2.45, 2.75) is 25.9 Å². The van der Waals surface area contributed by atoms with Crippen molar-refractivity contribution in [3.05, 3.63) is 71.4 Å². The molecule has 1 N–H and O–H groups in total. The number of rotatable bonds is 6. The van der Waals surface area contributed by atoms with Gasteiger partial charge in [-0.3, -0.25) is 0 Å². The Kier molecular flexibility index (Phi) is 6.95. The van der Waals surface area contributed by atoms with Gasteiger partial charge in [-0.15, -0.1) is 12.4 Å². The van der Waals surface area contributed by atoms with Crippen molar-refractivity contribution in [2.24, 2.45) is 5.16 Å². The monoisotopic (exact) mass is 416 g/mol. The maximum atomic E-state index is 12.9. The summed E-state index contributed by atoms with van der Waals surface area (Å²) in [5, 5.41) is 11.5. The van der Waals surface area contributed by atoms with E-state index in [-0.39, 0.29) is 24.8 Å². The zero-order valence-electron chi connectivity index (χ0n) is 16.0. The molecule has 1 aliphatic rings. The molecule has 29 heavy (non-hydrogen) atoms. The number of oxime groups is 1. The van der Waals surface area contributed by atoms with E-state index in [2.05, 4.69) is 20.6 Å². The van der Waals surface area contributed by atoms with Crippen LogP contribution >= 0.6 is 12.4 Å². The van der Waals surface area contributed by atoms with Gasteiger partial charge in [0, 0.05) is 12.1 Å². The average Bonchev–Trinajstić information content (AvgIpc) is 3.41. The lowest BCUT2D eigenvalue weighted by atomic mass is 10.1. The summed E-state index contributed by atoms with van der Waals surface area (Å²) in [6.07, 6.45) is 1.02. The van der Waals surface area contributed by atoms with Crippen molar-refractivity contribution < 1.29 is 13.8 Å². The maximum absolute atomic E-state index is 12.9. The smallest absolute Gasteiger partial charge is 0.231 e. The fraction of sp³-hybridized carbons (Fsp3) is 0.286. The third kappa shape index (κ3) is 5.19. The van der Waals surface area contributed by atoms with E-state index in [0.29, 0.717) is 17.6 Å². The molecule has 1 aromatic heterocycles. The topological polar surface area (TPSA) is 72.5 Å². The van der Waals surface area contributed by atoms with Crippen LogP contribution < -0.4 is 5.32 Å². The zero-order valence-corrected chi connectivity index (χ0v) is 16.8. The second kappa shape index (κ2) is 9.62.